The van der Waals surface area contributed by atoms with Crippen molar-refractivity contribution in [1.29, 1.82) is 0 Å². The predicted octanol–water partition coefficient (Wildman–Crippen LogP) is 3.01. The van der Waals surface area contributed by atoms with Gasteiger partial charge in [0.15, 0.2) is 0 Å². The van der Waals surface area contributed by atoms with Crippen LogP contribution in [0.15, 0.2) is 18.2 Å². The molecule has 0 saturated carbocycles. The van der Waals surface area contributed by atoms with Gasteiger partial charge in [0, 0.05) is 25.0 Å². The van der Waals surface area contributed by atoms with Crippen LogP contribution in [0.25, 0.3) is 0 Å². The van der Waals surface area contributed by atoms with Gasteiger partial charge >= 0.3 is 0 Å². The molecule has 1 saturated heterocycles. The van der Waals surface area contributed by atoms with Crippen LogP contribution in [0.4, 0.5) is 4.39 Å². The van der Waals surface area contributed by atoms with Crippen molar-refractivity contribution in [3.63, 3.8) is 0 Å². The third kappa shape index (κ3) is 4.96. The number of hydrogen-bond acceptors (Lipinski definition) is 3. The first-order valence-corrected chi connectivity index (χ1v) is 8.07. The van der Waals surface area contributed by atoms with E-state index in [-0.39, 0.29) is 17.0 Å². The Bertz CT molecular complexity index is 466. The highest BCUT2D eigenvalue weighted by Gasteiger charge is 2.15. The van der Waals surface area contributed by atoms with E-state index in [1.807, 2.05) is 0 Å². The Morgan fingerprint density at radius 1 is 1.45 bits per heavy atom. The van der Waals surface area contributed by atoms with Crippen molar-refractivity contribution >= 4 is 29.3 Å². The summed E-state index contributed by atoms with van der Waals surface area (Å²) in [5, 5.41) is 3.12. The summed E-state index contributed by atoms with van der Waals surface area (Å²) >= 11 is 7.20. The summed E-state index contributed by atoms with van der Waals surface area (Å²) in [6, 6.07) is 4.86. The number of thioether (sulfide) groups is 1. The van der Waals surface area contributed by atoms with Crippen LogP contribution in [0.5, 0.6) is 0 Å². The van der Waals surface area contributed by atoms with Crippen LogP contribution < -0.4 is 5.32 Å². The second kappa shape index (κ2) is 7.86. The molecule has 110 valence electrons. The molecule has 1 aliphatic heterocycles. The molecule has 0 bridgehead atoms. The van der Waals surface area contributed by atoms with Crippen LogP contribution in [0.2, 0.25) is 5.02 Å². The molecule has 20 heavy (non-hydrogen) atoms. The molecular weight excluding hydrogens is 301 g/mol. The van der Waals surface area contributed by atoms with E-state index in [4.69, 9.17) is 16.3 Å². The van der Waals surface area contributed by atoms with Gasteiger partial charge < -0.3 is 10.1 Å². The summed E-state index contributed by atoms with van der Waals surface area (Å²) in [7, 11) is 0. The standard InChI is InChI=1S/C14H17ClFNO2S/c15-12-7-10(1-2-13(12)16)8-20-9-14(18)17-11-3-5-19-6-4-11/h1-2,7,11H,3-6,8-9H2,(H,17,18). The lowest BCUT2D eigenvalue weighted by Gasteiger charge is -2.23. The molecule has 0 atom stereocenters. The molecule has 1 aromatic rings. The Morgan fingerprint density at radius 3 is 2.90 bits per heavy atom. The van der Waals surface area contributed by atoms with Gasteiger partial charge in [-0.25, -0.2) is 4.39 Å². The molecule has 1 amide bonds. The minimum Gasteiger partial charge on any atom is -0.381 e. The number of rotatable bonds is 5. The highest BCUT2D eigenvalue weighted by Crippen LogP contribution is 2.19. The van der Waals surface area contributed by atoms with E-state index in [0.717, 1.165) is 18.4 Å². The molecule has 0 spiro atoms. The normalized spacial score (nSPS) is 16.1. The summed E-state index contributed by atoms with van der Waals surface area (Å²) in [5.74, 6) is 0.654. The van der Waals surface area contributed by atoms with Gasteiger partial charge in [-0.1, -0.05) is 17.7 Å². The summed E-state index contributed by atoms with van der Waals surface area (Å²) in [5.41, 5.74) is 0.917. The lowest BCUT2D eigenvalue weighted by Crippen LogP contribution is -2.39. The summed E-state index contributed by atoms with van der Waals surface area (Å²) in [4.78, 5) is 11.8. The molecule has 1 fully saturated rings. The van der Waals surface area contributed by atoms with Gasteiger partial charge in [-0.05, 0) is 30.5 Å². The van der Waals surface area contributed by atoms with Crippen LogP contribution in [0, 0.1) is 5.82 Å². The molecule has 1 N–H and O–H groups in total. The fourth-order valence-corrected chi connectivity index (χ4v) is 2.99. The third-order valence-electron chi connectivity index (χ3n) is 3.07. The van der Waals surface area contributed by atoms with Crippen molar-refractivity contribution in [1.82, 2.24) is 5.32 Å². The second-order valence-corrected chi connectivity index (χ2v) is 6.09. The first-order valence-electron chi connectivity index (χ1n) is 6.54. The Balaban J connectivity index is 1.69. The van der Waals surface area contributed by atoms with Gasteiger partial charge in [-0.2, -0.15) is 0 Å². The smallest absolute Gasteiger partial charge is 0.230 e. The molecule has 0 unspecified atom stereocenters. The van der Waals surface area contributed by atoms with Crippen LogP contribution in [0.1, 0.15) is 18.4 Å². The maximum Gasteiger partial charge on any atom is 0.230 e. The topological polar surface area (TPSA) is 38.3 Å². The molecule has 6 heteroatoms. The van der Waals surface area contributed by atoms with Crippen molar-refractivity contribution in [2.45, 2.75) is 24.6 Å². The van der Waals surface area contributed by atoms with Crippen LogP contribution in [-0.4, -0.2) is 30.9 Å². The van der Waals surface area contributed by atoms with Crippen LogP contribution in [0.3, 0.4) is 0 Å². The van der Waals surface area contributed by atoms with Gasteiger partial charge in [0.1, 0.15) is 5.82 Å². The fraction of sp³-hybridized carbons (Fsp3) is 0.500. The summed E-state index contributed by atoms with van der Waals surface area (Å²) < 4.78 is 18.2. The van der Waals surface area contributed by atoms with Crippen molar-refractivity contribution in [2.24, 2.45) is 0 Å². The van der Waals surface area contributed by atoms with Crippen molar-refractivity contribution < 1.29 is 13.9 Å². The first kappa shape index (κ1) is 15.6. The van der Waals surface area contributed by atoms with E-state index in [2.05, 4.69) is 5.32 Å². The maximum absolute atomic E-state index is 13.0. The summed E-state index contributed by atoms with van der Waals surface area (Å²) in [6.07, 6.45) is 1.76. The molecule has 2 rings (SSSR count). The number of amides is 1. The lowest BCUT2D eigenvalue weighted by molar-refractivity contribution is -0.119. The first-order chi connectivity index (χ1) is 9.65. The van der Waals surface area contributed by atoms with Gasteiger partial charge in [-0.15, -0.1) is 11.8 Å². The highest BCUT2D eigenvalue weighted by molar-refractivity contribution is 7.99. The third-order valence-corrected chi connectivity index (χ3v) is 4.37. The quantitative estimate of drug-likeness (QED) is 0.907. The Kier molecular flexibility index (Phi) is 6.13. The molecule has 0 aliphatic carbocycles. The zero-order valence-corrected chi connectivity index (χ0v) is 12.6. The zero-order valence-electron chi connectivity index (χ0n) is 11.0. The fourth-order valence-electron chi connectivity index (χ4n) is 2.00. The second-order valence-electron chi connectivity index (χ2n) is 4.70. The largest absolute Gasteiger partial charge is 0.381 e. The van der Waals surface area contributed by atoms with E-state index in [0.29, 0.717) is 24.7 Å². The SMILES string of the molecule is O=C(CSCc1ccc(F)c(Cl)c1)NC1CCOCC1. The lowest BCUT2D eigenvalue weighted by atomic mass is 10.1. The number of carbonyl (C=O) groups is 1. The Labute approximate surface area is 127 Å². The molecule has 0 radical (unpaired) electrons. The minimum absolute atomic E-state index is 0.0371. The zero-order chi connectivity index (χ0) is 14.4. The van der Waals surface area contributed by atoms with E-state index in [1.54, 1.807) is 12.1 Å². The van der Waals surface area contributed by atoms with Gasteiger partial charge in [0.25, 0.3) is 0 Å². The highest BCUT2D eigenvalue weighted by atomic mass is 35.5. The maximum atomic E-state index is 13.0. The van der Waals surface area contributed by atoms with Crippen molar-refractivity contribution in [2.75, 3.05) is 19.0 Å². The van der Waals surface area contributed by atoms with Crippen molar-refractivity contribution in [3.8, 4) is 0 Å². The minimum atomic E-state index is -0.419. The number of nitrogens with one attached hydrogen (secondary N) is 1. The number of hydrogen-bond donors (Lipinski definition) is 1. The van der Waals surface area contributed by atoms with Crippen molar-refractivity contribution in [3.05, 3.63) is 34.6 Å². The van der Waals surface area contributed by atoms with Gasteiger partial charge in [-0.3, -0.25) is 4.79 Å². The molecule has 1 heterocycles. The average molecular weight is 318 g/mol. The number of benzene rings is 1. The van der Waals surface area contributed by atoms with E-state index in [1.165, 1.54) is 17.8 Å². The summed E-state index contributed by atoms with van der Waals surface area (Å²) in [6.45, 7) is 1.43. The number of halogens is 2. The molecule has 0 aromatic heterocycles. The van der Waals surface area contributed by atoms with E-state index in [9.17, 15) is 9.18 Å². The molecular formula is C14H17ClFNO2S. The number of ether oxygens (including phenoxy) is 1. The molecule has 1 aromatic carbocycles. The Morgan fingerprint density at radius 2 is 2.20 bits per heavy atom. The van der Waals surface area contributed by atoms with E-state index >= 15 is 0 Å². The molecule has 1 aliphatic rings. The number of carbonyl (C=O) groups excluding carboxylic acids is 1. The van der Waals surface area contributed by atoms with E-state index < -0.39 is 5.82 Å². The molecule has 3 nitrogen and oxygen atoms in total. The van der Waals surface area contributed by atoms with Crippen LogP contribution in [-0.2, 0) is 15.3 Å². The van der Waals surface area contributed by atoms with Gasteiger partial charge in [0.05, 0.1) is 10.8 Å². The van der Waals surface area contributed by atoms with Crippen LogP contribution >= 0.6 is 23.4 Å². The van der Waals surface area contributed by atoms with Gasteiger partial charge in [0.2, 0.25) is 5.91 Å². The average Bonchev–Trinajstić information content (AvgIpc) is 2.44. The predicted molar refractivity (Wildman–Crippen MR) is 79.6 cm³/mol. The Hall–Kier alpha value is -0.780. The monoisotopic (exact) mass is 317 g/mol.